The van der Waals surface area contributed by atoms with Crippen molar-refractivity contribution in [2.45, 2.75) is 19.9 Å². The average molecular weight is 306 g/mol. The van der Waals surface area contributed by atoms with Crippen LogP contribution in [0.5, 0.6) is 0 Å². The molecule has 1 heterocycles. The summed E-state index contributed by atoms with van der Waals surface area (Å²) in [4.78, 5) is 17.0. The predicted octanol–water partition coefficient (Wildman–Crippen LogP) is 3.17. The molecule has 0 radical (unpaired) electrons. The molecule has 1 N–H and O–H groups in total. The number of amidine groups is 1. The van der Waals surface area contributed by atoms with Crippen molar-refractivity contribution in [1.29, 1.82) is 0 Å². The zero-order valence-electron chi connectivity index (χ0n) is 12.1. The van der Waals surface area contributed by atoms with Gasteiger partial charge in [0.2, 0.25) is 5.17 Å². The number of carboxylic acids is 1. The van der Waals surface area contributed by atoms with E-state index in [1.807, 2.05) is 24.3 Å². The Kier molecular flexibility index (Phi) is 5.32. The second-order valence-electron chi connectivity index (χ2n) is 4.47. The minimum absolute atomic E-state index is 0.421. The van der Waals surface area contributed by atoms with E-state index in [1.165, 1.54) is 11.8 Å². The lowest BCUT2D eigenvalue weighted by molar-refractivity contribution is -0.137. The third-order valence-corrected chi connectivity index (χ3v) is 4.08. The molecule has 6 nitrogen and oxygen atoms in total. The minimum Gasteiger partial charge on any atom is -0.480 e. The molecule has 1 aliphatic rings. The van der Waals surface area contributed by atoms with Gasteiger partial charge in [0.15, 0.2) is 6.04 Å². The van der Waals surface area contributed by atoms with Crippen LogP contribution in [-0.2, 0) is 4.79 Å². The van der Waals surface area contributed by atoms with Crippen LogP contribution in [0.3, 0.4) is 0 Å². The van der Waals surface area contributed by atoms with Gasteiger partial charge in [-0.3, -0.25) is 0 Å². The van der Waals surface area contributed by atoms with Gasteiger partial charge < -0.3 is 10.0 Å². The summed E-state index contributed by atoms with van der Waals surface area (Å²) in [7, 11) is 0. The van der Waals surface area contributed by atoms with E-state index in [9.17, 15) is 4.79 Å². The molecule has 0 fully saturated rings. The lowest BCUT2D eigenvalue weighted by Crippen LogP contribution is -2.21. The molecule has 1 unspecified atom stereocenters. The van der Waals surface area contributed by atoms with Crippen LogP contribution in [0.2, 0.25) is 0 Å². The van der Waals surface area contributed by atoms with Gasteiger partial charge in [-0.1, -0.05) is 11.8 Å². The van der Waals surface area contributed by atoms with Crippen LogP contribution in [0.1, 0.15) is 13.8 Å². The van der Waals surface area contributed by atoms with Crippen LogP contribution in [0.15, 0.2) is 39.5 Å². The monoisotopic (exact) mass is 306 g/mol. The third-order valence-electron chi connectivity index (χ3n) is 3.15. The number of aliphatic carboxylic acids is 1. The van der Waals surface area contributed by atoms with E-state index in [0.29, 0.717) is 10.9 Å². The Hall–Kier alpha value is -1.89. The molecule has 0 saturated heterocycles. The summed E-state index contributed by atoms with van der Waals surface area (Å²) in [5.74, 6) is -0.499. The van der Waals surface area contributed by atoms with Gasteiger partial charge in [-0.25, -0.2) is 9.79 Å². The highest BCUT2D eigenvalue weighted by Gasteiger charge is 2.24. The van der Waals surface area contributed by atoms with E-state index < -0.39 is 12.0 Å². The van der Waals surface area contributed by atoms with Gasteiger partial charge in [-0.2, -0.15) is 0 Å². The fraction of sp³-hybridized carbons (Fsp3) is 0.429. The standard InChI is InChI=1S/C14H18N4O2S/c1-3-18(4-2)11-7-5-10(6-8-11)16-17-14-15-12(9-21-14)13(19)20/h5-8,12H,3-4,9H2,1-2H3,(H,19,20). The van der Waals surface area contributed by atoms with Crippen LogP contribution in [0.4, 0.5) is 11.4 Å². The molecule has 0 bridgehead atoms. The number of hydrogen-bond donors (Lipinski definition) is 1. The lowest BCUT2D eigenvalue weighted by Gasteiger charge is -2.20. The number of carbonyl (C=O) groups is 1. The zero-order valence-corrected chi connectivity index (χ0v) is 12.9. The van der Waals surface area contributed by atoms with Crippen LogP contribution in [-0.4, -0.2) is 41.1 Å². The molecule has 0 saturated carbocycles. The maximum atomic E-state index is 10.8. The molecule has 1 aromatic carbocycles. The number of nitrogens with zero attached hydrogens (tertiary/aromatic N) is 4. The molecule has 21 heavy (non-hydrogen) atoms. The van der Waals surface area contributed by atoms with Crippen molar-refractivity contribution in [2.75, 3.05) is 23.7 Å². The fourth-order valence-corrected chi connectivity index (χ4v) is 2.79. The molecule has 1 aliphatic heterocycles. The number of carboxylic acid groups (broad SMARTS) is 1. The maximum Gasteiger partial charge on any atom is 0.329 e. The van der Waals surface area contributed by atoms with Crippen molar-refractivity contribution >= 4 is 34.3 Å². The largest absolute Gasteiger partial charge is 0.480 e. The molecule has 1 aromatic rings. The zero-order chi connectivity index (χ0) is 15.2. The quantitative estimate of drug-likeness (QED) is 0.848. The van der Waals surface area contributed by atoms with E-state index in [0.717, 1.165) is 24.5 Å². The molecular formula is C14H18N4O2S. The van der Waals surface area contributed by atoms with Crippen LogP contribution in [0, 0.1) is 0 Å². The van der Waals surface area contributed by atoms with Gasteiger partial charge in [-0.05, 0) is 38.1 Å². The Morgan fingerprint density at radius 3 is 2.52 bits per heavy atom. The molecule has 0 amide bonds. The minimum atomic E-state index is -0.920. The lowest BCUT2D eigenvalue weighted by atomic mass is 10.2. The highest BCUT2D eigenvalue weighted by atomic mass is 32.2. The first kappa shape index (κ1) is 15.5. The third kappa shape index (κ3) is 4.04. The van der Waals surface area contributed by atoms with Crippen molar-refractivity contribution < 1.29 is 9.90 Å². The Labute approximate surface area is 128 Å². The average Bonchev–Trinajstić information content (AvgIpc) is 2.97. The topological polar surface area (TPSA) is 77.6 Å². The normalized spacial score (nSPS) is 18.0. The highest BCUT2D eigenvalue weighted by molar-refractivity contribution is 8.14. The summed E-state index contributed by atoms with van der Waals surface area (Å²) in [6.45, 7) is 6.15. The van der Waals surface area contributed by atoms with Gasteiger partial charge in [0.25, 0.3) is 0 Å². The first-order valence-electron chi connectivity index (χ1n) is 6.84. The molecule has 112 valence electrons. The summed E-state index contributed by atoms with van der Waals surface area (Å²) in [5.41, 5.74) is 1.88. The van der Waals surface area contributed by atoms with Gasteiger partial charge in [0.05, 0.1) is 5.69 Å². The summed E-state index contributed by atoms with van der Waals surface area (Å²) in [6.07, 6.45) is 0. The van der Waals surface area contributed by atoms with E-state index >= 15 is 0 Å². The molecule has 0 aromatic heterocycles. The Bertz CT molecular complexity index is 553. The van der Waals surface area contributed by atoms with E-state index in [1.54, 1.807) is 0 Å². The Morgan fingerprint density at radius 2 is 2.00 bits per heavy atom. The molecule has 0 spiro atoms. The number of hydrogen-bond acceptors (Lipinski definition) is 6. The number of benzene rings is 1. The summed E-state index contributed by atoms with van der Waals surface area (Å²) in [5, 5.41) is 17.4. The van der Waals surface area contributed by atoms with Crippen LogP contribution >= 0.6 is 11.8 Å². The predicted molar refractivity (Wildman–Crippen MR) is 85.8 cm³/mol. The van der Waals surface area contributed by atoms with Crippen molar-refractivity contribution in [3.8, 4) is 0 Å². The van der Waals surface area contributed by atoms with Crippen LogP contribution in [0.25, 0.3) is 0 Å². The van der Waals surface area contributed by atoms with Crippen LogP contribution < -0.4 is 4.90 Å². The summed E-state index contributed by atoms with van der Waals surface area (Å²) >= 11 is 1.31. The summed E-state index contributed by atoms with van der Waals surface area (Å²) in [6, 6.07) is 7.10. The van der Waals surface area contributed by atoms with Crippen molar-refractivity contribution in [3.63, 3.8) is 0 Å². The molecule has 1 atom stereocenters. The summed E-state index contributed by atoms with van der Waals surface area (Å²) < 4.78 is 0. The number of azo groups is 1. The number of anilines is 1. The number of aliphatic imine (C=N–C) groups is 1. The maximum absolute atomic E-state index is 10.8. The second-order valence-corrected chi connectivity index (χ2v) is 5.45. The molecule has 2 rings (SSSR count). The Balaban J connectivity index is 2.02. The smallest absolute Gasteiger partial charge is 0.329 e. The number of thioether (sulfide) groups is 1. The van der Waals surface area contributed by atoms with E-state index in [2.05, 4.69) is 34.0 Å². The van der Waals surface area contributed by atoms with Gasteiger partial charge in [-0.15, -0.1) is 10.2 Å². The number of rotatable bonds is 5. The SMILES string of the molecule is CCN(CC)c1ccc(N=NC2=NC(C(=O)O)CS2)cc1. The fourth-order valence-electron chi connectivity index (χ4n) is 1.96. The van der Waals surface area contributed by atoms with Gasteiger partial charge in [0.1, 0.15) is 0 Å². The second kappa shape index (κ2) is 7.21. The van der Waals surface area contributed by atoms with E-state index in [4.69, 9.17) is 5.11 Å². The van der Waals surface area contributed by atoms with Crippen molar-refractivity contribution in [2.24, 2.45) is 15.2 Å². The Morgan fingerprint density at radius 1 is 1.33 bits per heavy atom. The molecular weight excluding hydrogens is 288 g/mol. The van der Waals surface area contributed by atoms with Gasteiger partial charge >= 0.3 is 5.97 Å². The first-order chi connectivity index (χ1) is 10.1. The van der Waals surface area contributed by atoms with E-state index in [-0.39, 0.29) is 0 Å². The van der Waals surface area contributed by atoms with Crippen molar-refractivity contribution in [3.05, 3.63) is 24.3 Å². The van der Waals surface area contributed by atoms with Crippen molar-refractivity contribution in [1.82, 2.24) is 0 Å². The molecule has 0 aliphatic carbocycles. The highest BCUT2D eigenvalue weighted by Crippen LogP contribution is 2.23. The van der Waals surface area contributed by atoms with Gasteiger partial charge in [0, 0.05) is 24.5 Å². The first-order valence-corrected chi connectivity index (χ1v) is 7.82. The molecule has 7 heteroatoms.